The van der Waals surface area contributed by atoms with Crippen molar-refractivity contribution in [1.29, 1.82) is 5.26 Å². The summed E-state index contributed by atoms with van der Waals surface area (Å²) in [5.41, 5.74) is 3.76. The molecule has 114 valence electrons. The molecule has 0 unspecified atom stereocenters. The van der Waals surface area contributed by atoms with Gasteiger partial charge in [-0.15, -0.1) is 15.0 Å². The molecule has 22 heavy (non-hydrogen) atoms. The van der Waals surface area contributed by atoms with Crippen LogP contribution in [0, 0.1) is 25.2 Å². The Kier molecular flexibility index (Phi) is 4.10. The topological polar surface area (TPSA) is 57.7 Å². The van der Waals surface area contributed by atoms with Crippen LogP contribution >= 0.6 is 0 Å². The lowest BCUT2D eigenvalue weighted by atomic mass is 10.1. The minimum Gasteiger partial charge on any atom is -0.353 e. The van der Waals surface area contributed by atoms with Crippen molar-refractivity contribution in [3.63, 3.8) is 0 Å². The summed E-state index contributed by atoms with van der Waals surface area (Å²) in [7, 11) is 0. The zero-order valence-electron chi connectivity index (χ0n) is 13.2. The normalized spacial score (nSPS) is 15.4. The van der Waals surface area contributed by atoms with Gasteiger partial charge in [0.2, 0.25) is 5.69 Å². The Labute approximate surface area is 131 Å². The fourth-order valence-electron chi connectivity index (χ4n) is 2.83. The highest BCUT2D eigenvalue weighted by molar-refractivity contribution is 5.50. The minimum absolute atomic E-state index is 0.417. The molecule has 1 aliphatic rings. The minimum atomic E-state index is 0.417. The maximum Gasteiger partial charge on any atom is 0.207 e. The second-order valence-electron chi connectivity index (χ2n) is 5.94. The van der Waals surface area contributed by atoms with Crippen molar-refractivity contribution >= 4 is 5.82 Å². The molecular formula is C17H21N5. The van der Waals surface area contributed by atoms with Gasteiger partial charge in [-0.05, 0) is 49.9 Å². The van der Waals surface area contributed by atoms with E-state index in [1.807, 2.05) is 6.07 Å². The van der Waals surface area contributed by atoms with E-state index in [2.05, 4.69) is 47.1 Å². The van der Waals surface area contributed by atoms with Crippen LogP contribution in [0.1, 0.15) is 42.5 Å². The number of anilines is 1. The van der Waals surface area contributed by atoms with Gasteiger partial charge in [-0.1, -0.05) is 18.9 Å². The largest absolute Gasteiger partial charge is 0.353 e. The summed E-state index contributed by atoms with van der Waals surface area (Å²) in [6.45, 7) is 6.07. The van der Waals surface area contributed by atoms with Crippen LogP contribution in [0.4, 0.5) is 5.82 Å². The van der Waals surface area contributed by atoms with E-state index in [-0.39, 0.29) is 0 Å². The average molecular weight is 295 g/mol. The lowest BCUT2D eigenvalue weighted by molar-refractivity contribution is 0.726. The standard InChI is InChI=1S/C17H21N5/c1-13-7-8-15(11-14(13)2)22-19-16(12-18)17(20-22)21-9-5-3-4-6-10-21/h7-8,11H,3-6,9-10H2,1-2H3. The molecule has 0 atom stereocenters. The molecule has 0 spiro atoms. The van der Waals surface area contributed by atoms with E-state index >= 15 is 0 Å². The molecule has 0 radical (unpaired) electrons. The van der Waals surface area contributed by atoms with Crippen LogP contribution in [0.3, 0.4) is 0 Å². The van der Waals surface area contributed by atoms with E-state index in [0.717, 1.165) is 37.4 Å². The van der Waals surface area contributed by atoms with Crippen molar-refractivity contribution < 1.29 is 0 Å². The quantitative estimate of drug-likeness (QED) is 0.854. The van der Waals surface area contributed by atoms with E-state index in [1.54, 1.807) is 4.80 Å². The zero-order chi connectivity index (χ0) is 15.5. The van der Waals surface area contributed by atoms with Crippen LogP contribution < -0.4 is 4.90 Å². The van der Waals surface area contributed by atoms with Crippen molar-refractivity contribution in [1.82, 2.24) is 15.0 Å². The Bertz CT molecular complexity index is 702. The summed E-state index contributed by atoms with van der Waals surface area (Å²) in [5, 5.41) is 18.4. The van der Waals surface area contributed by atoms with Crippen LogP contribution in [0.5, 0.6) is 0 Å². The first kappa shape index (κ1) is 14.6. The van der Waals surface area contributed by atoms with E-state index in [4.69, 9.17) is 0 Å². The maximum absolute atomic E-state index is 9.39. The van der Waals surface area contributed by atoms with Crippen molar-refractivity contribution in [3.8, 4) is 11.8 Å². The number of nitrogens with zero attached hydrogens (tertiary/aromatic N) is 5. The van der Waals surface area contributed by atoms with Gasteiger partial charge in [0.25, 0.3) is 0 Å². The van der Waals surface area contributed by atoms with Crippen molar-refractivity contribution in [2.24, 2.45) is 0 Å². The van der Waals surface area contributed by atoms with Crippen LogP contribution in [0.2, 0.25) is 0 Å². The van der Waals surface area contributed by atoms with Gasteiger partial charge in [0.1, 0.15) is 6.07 Å². The predicted molar refractivity (Wildman–Crippen MR) is 86.2 cm³/mol. The van der Waals surface area contributed by atoms with Crippen molar-refractivity contribution in [3.05, 3.63) is 35.0 Å². The smallest absolute Gasteiger partial charge is 0.207 e. The van der Waals surface area contributed by atoms with E-state index in [9.17, 15) is 5.26 Å². The lowest BCUT2D eigenvalue weighted by Gasteiger charge is -2.18. The molecule has 1 saturated heterocycles. The van der Waals surface area contributed by atoms with E-state index < -0.39 is 0 Å². The highest BCUT2D eigenvalue weighted by atomic mass is 15.5. The number of nitriles is 1. The highest BCUT2D eigenvalue weighted by Crippen LogP contribution is 2.22. The van der Waals surface area contributed by atoms with Crippen LogP contribution in [-0.4, -0.2) is 28.1 Å². The number of aryl methyl sites for hydroxylation is 2. The molecule has 2 heterocycles. The molecular weight excluding hydrogens is 274 g/mol. The molecule has 2 aromatic rings. The molecule has 5 heteroatoms. The molecule has 1 aliphatic heterocycles. The van der Waals surface area contributed by atoms with Crippen molar-refractivity contribution in [2.45, 2.75) is 39.5 Å². The van der Waals surface area contributed by atoms with Gasteiger partial charge in [0.05, 0.1) is 5.69 Å². The van der Waals surface area contributed by atoms with Crippen LogP contribution in [0.25, 0.3) is 5.69 Å². The molecule has 0 aliphatic carbocycles. The Hall–Kier alpha value is -2.35. The second-order valence-corrected chi connectivity index (χ2v) is 5.94. The molecule has 0 saturated carbocycles. The van der Waals surface area contributed by atoms with Gasteiger partial charge in [-0.25, -0.2) is 0 Å². The van der Waals surface area contributed by atoms with Gasteiger partial charge in [0, 0.05) is 13.1 Å². The number of hydrogen-bond donors (Lipinski definition) is 0. The first-order valence-electron chi connectivity index (χ1n) is 7.89. The average Bonchev–Trinajstić information content (AvgIpc) is 2.77. The molecule has 1 fully saturated rings. The van der Waals surface area contributed by atoms with Gasteiger partial charge < -0.3 is 4.90 Å². The van der Waals surface area contributed by atoms with Gasteiger partial charge in [-0.3, -0.25) is 0 Å². The lowest BCUT2D eigenvalue weighted by Crippen LogP contribution is -2.25. The molecule has 5 nitrogen and oxygen atoms in total. The molecule has 0 amide bonds. The van der Waals surface area contributed by atoms with E-state index in [0.29, 0.717) is 5.69 Å². The summed E-state index contributed by atoms with van der Waals surface area (Å²) >= 11 is 0. The van der Waals surface area contributed by atoms with Crippen LogP contribution in [-0.2, 0) is 0 Å². The third kappa shape index (κ3) is 2.82. The molecule has 0 bridgehead atoms. The third-order valence-electron chi connectivity index (χ3n) is 4.33. The van der Waals surface area contributed by atoms with Gasteiger partial charge in [0.15, 0.2) is 5.82 Å². The number of rotatable bonds is 2. The monoisotopic (exact) mass is 295 g/mol. The Morgan fingerprint density at radius 2 is 1.73 bits per heavy atom. The number of aromatic nitrogens is 3. The Morgan fingerprint density at radius 1 is 1.00 bits per heavy atom. The zero-order valence-corrected chi connectivity index (χ0v) is 13.2. The fraction of sp³-hybridized carbons (Fsp3) is 0.471. The Morgan fingerprint density at radius 3 is 2.36 bits per heavy atom. The molecule has 1 aromatic carbocycles. The molecule has 3 rings (SSSR count). The first-order chi connectivity index (χ1) is 10.7. The molecule has 0 N–H and O–H groups in total. The molecule has 1 aromatic heterocycles. The summed E-state index contributed by atoms with van der Waals surface area (Å²) in [6, 6.07) is 8.31. The van der Waals surface area contributed by atoms with E-state index in [1.165, 1.54) is 24.0 Å². The number of hydrogen-bond acceptors (Lipinski definition) is 4. The van der Waals surface area contributed by atoms with Gasteiger partial charge >= 0.3 is 0 Å². The first-order valence-corrected chi connectivity index (χ1v) is 7.89. The predicted octanol–water partition coefficient (Wildman–Crippen LogP) is 3.14. The summed E-state index contributed by atoms with van der Waals surface area (Å²) in [5.74, 6) is 0.725. The van der Waals surface area contributed by atoms with Crippen molar-refractivity contribution in [2.75, 3.05) is 18.0 Å². The maximum atomic E-state index is 9.39. The fourth-order valence-corrected chi connectivity index (χ4v) is 2.83. The number of benzene rings is 1. The summed E-state index contributed by atoms with van der Waals surface area (Å²) in [4.78, 5) is 3.79. The SMILES string of the molecule is Cc1ccc(-n2nc(C#N)c(N3CCCCCC3)n2)cc1C. The summed E-state index contributed by atoms with van der Waals surface area (Å²) in [6.07, 6.45) is 4.82. The Balaban J connectivity index is 1.97. The third-order valence-corrected chi connectivity index (χ3v) is 4.33. The van der Waals surface area contributed by atoms with Crippen LogP contribution in [0.15, 0.2) is 18.2 Å². The summed E-state index contributed by atoms with van der Waals surface area (Å²) < 4.78 is 0. The highest BCUT2D eigenvalue weighted by Gasteiger charge is 2.19. The second kappa shape index (κ2) is 6.18. The van der Waals surface area contributed by atoms with Gasteiger partial charge in [-0.2, -0.15) is 5.26 Å².